The lowest BCUT2D eigenvalue weighted by molar-refractivity contribution is 0.0200. The van der Waals surface area contributed by atoms with E-state index >= 15 is 0 Å². The molecule has 30 heavy (non-hydrogen) atoms. The normalized spacial score (nSPS) is 11.3. The number of aromatic nitrogens is 2. The minimum atomic E-state index is -4.06. The van der Waals surface area contributed by atoms with Gasteiger partial charge < -0.3 is 10.3 Å². The molecule has 0 fully saturated rings. The number of aryl methyl sites for hydroxylation is 1. The SMILES string of the molecule is Cc1cc(-c2noc(-c3ccc(Br)cc3)n2)ccc1C(=O)N(OS(C)(=O)=O)C(=N)N. The van der Waals surface area contributed by atoms with E-state index in [2.05, 4.69) is 30.4 Å². The van der Waals surface area contributed by atoms with Crippen molar-refractivity contribution in [2.75, 3.05) is 6.26 Å². The van der Waals surface area contributed by atoms with Crippen molar-refractivity contribution >= 4 is 37.9 Å². The Kier molecular flexibility index (Phi) is 6.01. The van der Waals surface area contributed by atoms with Gasteiger partial charge in [0, 0.05) is 21.2 Å². The molecule has 0 atom stereocenters. The fourth-order valence-electron chi connectivity index (χ4n) is 2.52. The summed E-state index contributed by atoms with van der Waals surface area (Å²) in [4.78, 5) is 17.0. The summed E-state index contributed by atoms with van der Waals surface area (Å²) in [5.41, 5.74) is 7.17. The number of nitrogens with zero attached hydrogens (tertiary/aromatic N) is 3. The largest absolute Gasteiger partial charge is 0.368 e. The fraction of sp³-hybridized carbons (Fsp3) is 0.111. The van der Waals surface area contributed by atoms with Crippen molar-refractivity contribution in [3.8, 4) is 22.8 Å². The van der Waals surface area contributed by atoms with Gasteiger partial charge in [0.05, 0.1) is 6.26 Å². The molecular weight excluding hydrogens is 478 g/mol. The van der Waals surface area contributed by atoms with Crippen LogP contribution in [-0.2, 0) is 14.4 Å². The molecule has 0 aliphatic heterocycles. The third kappa shape index (κ3) is 4.90. The molecule has 2 aromatic carbocycles. The second kappa shape index (κ2) is 8.34. The monoisotopic (exact) mass is 493 g/mol. The zero-order valence-electron chi connectivity index (χ0n) is 15.8. The Hall–Kier alpha value is -3.09. The molecule has 3 N–H and O–H groups in total. The predicted octanol–water partition coefficient (Wildman–Crippen LogP) is 2.70. The minimum absolute atomic E-state index is 0.0919. The van der Waals surface area contributed by atoms with E-state index in [0.717, 1.165) is 16.3 Å². The second-order valence-electron chi connectivity index (χ2n) is 6.22. The zero-order chi connectivity index (χ0) is 22.1. The van der Waals surface area contributed by atoms with Crippen LogP contribution in [0.15, 0.2) is 51.5 Å². The maximum atomic E-state index is 12.6. The van der Waals surface area contributed by atoms with Crippen LogP contribution in [0.2, 0.25) is 0 Å². The van der Waals surface area contributed by atoms with Gasteiger partial charge in [-0.1, -0.05) is 27.2 Å². The fourth-order valence-corrected chi connectivity index (χ4v) is 3.20. The Balaban J connectivity index is 1.89. The van der Waals surface area contributed by atoms with Gasteiger partial charge in [-0.25, -0.2) is 0 Å². The van der Waals surface area contributed by atoms with Crippen molar-refractivity contribution in [3.63, 3.8) is 0 Å². The molecule has 0 saturated carbocycles. The maximum absolute atomic E-state index is 12.6. The van der Waals surface area contributed by atoms with Crippen molar-refractivity contribution in [1.82, 2.24) is 15.2 Å². The highest BCUT2D eigenvalue weighted by molar-refractivity contribution is 9.10. The molecule has 0 spiro atoms. The van der Waals surface area contributed by atoms with Gasteiger partial charge in [0.15, 0.2) is 0 Å². The summed E-state index contributed by atoms with van der Waals surface area (Å²) >= 11 is 3.36. The third-order valence-electron chi connectivity index (χ3n) is 3.85. The van der Waals surface area contributed by atoms with Gasteiger partial charge >= 0.3 is 0 Å². The molecule has 0 unspecified atom stereocenters. The van der Waals surface area contributed by atoms with Gasteiger partial charge in [-0.3, -0.25) is 10.2 Å². The predicted molar refractivity (Wildman–Crippen MR) is 112 cm³/mol. The number of amides is 1. The summed E-state index contributed by atoms with van der Waals surface area (Å²) in [5, 5.41) is 11.6. The van der Waals surface area contributed by atoms with E-state index in [1.165, 1.54) is 6.07 Å². The number of carbonyl (C=O) groups excluding carboxylic acids is 1. The van der Waals surface area contributed by atoms with Crippen molar-refractivity contribution in [2.45, 2.75) is 6.92 Å². The lowest BCUT2D eigenvalue weighted by atomic mass is 10.0. The molecule has 3 aromatic rings. The first-order valence-electron chi connectivity index (χ1n) is 8.34. The van der Waals surface area contributed by atoms with Crippen LogP contribution in [0.4, 0.5) is 0 Å². The summed E-state index contributed by atoms with van der Waals surface area (Å²) in [6.45, 7) is 1.63. The molecule has 1 aromatic heterocycles. The van der Waals surface area contributed by atoms with Crippen LogP contribution in [0, 0.1) is 12.3 Å². The van der Waals surface area contributed by atoms with E-state index < -0.39 is 22.0 Å². The molecule has 3 rings (SSSR count). The standard InChI is InChI=1S/C18H16BrN5O5S/c1-10-9-12(15-22-16(28-23-15)11-3-6-13(19)7-4-11)5-8-14(10)17(25)24(18(20)21)29-30(2,26)27/h3-9H,1-2H3,(H3,20,21). The Morgan fingerprint density at radius 1 is 1.20 bits per heavy atom. The first kappa shape index (κ1) is 21.6. The quantitative estimate of drug-likeness (QED) is 0.312. The average molecular weight is 494 g/mol. The van der Waals surface area contributed by atoms with Gasteiger partial charge in [0.1, 0.15) is 0 Å². The number of halogens is 1. The van der Waals surface area contributed by atoms with Crippen molar-refractivity contribution in [2.24, 2.45) is 5.73 Å². The first-order valence-corrected chi connectivity index (χ1v) is 10.9. The van der Waals surface area contributed by atoms with E-state index in [1.807, 2.05) is 24.3 Å². The molecule has 0 radical (unpaired) electrons. The second-order valence-corrected chi connectivity index (χ2v) is 8.70. The van der Waals surface area contributed by atoms with Crippen LogP contribution in [0.25, 0.3) is 22.8 Å². The lowest BCUT2D eigenvalue weighted by Gasteiger charge is -2.18. The van der Waals surface area contributed by atoms with E-state index in [4.69, 9.17) is 15.7 Å². The number of carbonyl (C=O) groups is 1. The molecule has 156 valence electrons. The molecule has 10 nitrogen and oxygen atoms in total. The van der Waals surface area contributed by atoms with Gasteiger partial charge in [-0.2, -0.15) is 13.4 Å². The van der Waals surface area contributed by atoms with Gasteiger partial charge in [-0.05, 0) is 48.9 Å². The third-order valence-corrected chi connectivity index (χ3v) is 4.79. The molecule has 12 heteroatoms. The molecule has 0 saturated heterocycles. The summed E-state index contributed by atoms with van der Waals surface area (Å²) in [7, 11) is -4.06. The molecule has 0 bridgehead atoms. The van der Waals surface area contributed by atoms with Gasteiger partial charge in [0.2, 0.25) is 11.8 Å². The first-order chi connectivity index (χ1) is 14.0. The van der Waals surface area contributed by atoms with Crippen LogP contribution in [0.1, 0.15) is 15.9 Å². The summed E-state index contributed by atoms with van der Waals surface area (Å²) in [5.74, 6) is -1.13. The van der Waals surface area contributed by atoms with E-state index in [-0.39, 0.29) is 10.6 Å². The summed E-state index contributed by atoms with van der Waals surface area (Å²) in [6, 6.07) is 12.0. The topological polar surface area (TPSA) is 152 Å². The number of hydroxylamine groups is 2. The highest BCUT2D eigenvalue weighted by Crippen LogP contribution is 2.25. The lowest BCUT2D eigenvalue weighted by Crippen LogP contribution is -2.42. The molecule has 0 aliphatic rings. The number of nitrogens with two attached hydrogens (primary N) is 1. The van der Waals surface area contributed by atoms with E-state index in [0.29, 0.717) is 22.8 Å². The molecule has 1 amide bonds. The summed E-state index contributed by atoms with van der Waals surface area (Å²) in [6.07, 6.45) is 0.742. The number of rotatable bonds is 5. The number of benzene rings is 2. The highest BCUT2D eigenvalue weighted by atomic mass is 79.9. The van der Waals surface area contributed by atoms with Crippen molar-refractivity contribution in [3.05, 3.63) is 58.1 Å². The van der Waals surface area contributed by atoms with Crippen LogP contribution in [-0.4, -0.2) is 41.7 Å². The Morgan fingerprint density at radius 2 is 1.83 bits per heavy atom. The van der Waals surface area contributed by atoms with Crippen molar-refractivity contribution in [1.29, 1.82) is 5.41 Å². The van der Waals surface area contributed by atoms with E-state index in [1.54, 1.807) is 19.1 Å². The minimum Gasteiger partial charge on any atom is -0.368 e. The Bertz CT molecular complexity index is 1220. The molecule has 1 heterocycles. The number of nitrogens with one attached hydrogen (secondary N) is 1. The smallest absolute Gasteiger partial charge is 0.286 e. The summed E-state index contributed by atoms with van der Waals surface area (Å²) < 4.78 is 33.4. The highest BCUT2D eigenvalue weighted by Gasteiger charge is 2.25. The van der Waals surface area contributed by atoms with Crippen LogP contribution < -0.4 is 5.73 Å². The Morgan fingerprint density at radius 3 is 2.40 bits per heavy atom. The maximum Gasteiger partial charge on any atom is 0.286 e. The number of hydrogen-bond acceptors (Lipinski definition) is 8. The van der Waals surface area contributed by atoms with Gasteiger partial charge in [0.25, 0.3) is 21.9 Å². The number of guanidine groups is 1. The molecular formula is C18H16BrN5O5S. The van der Waals surface area contributed by atoms with Crippen LogP contribution in [0.5, 0.6) is 0 Å². The van der Waals surface area contributed by atoms with Crippen LogP contribution >= 0.6 is 15.9 Å². The number of hydrogen-bond donors (Lipinski definition) is 2. The van der Waals surface area contributed by atoms with Crippen LogP contribution in [0.3, 0.4) is 0 Å². The zero-order valence-corrected chi connectivity index (χ0v) is 18.2. The molecule has 0 aliphatic carbocycles. The average Bonchev–Trinajstić information content (AvgIpc) is 3.15. The van der Waals surface area contributed by atoms with Crippen molar-refractivity contribution < 1.29 is 22.0 Å². The van der Waals surface area contributed by atoms with Gasteiger partial charge in [-0.15, -0.1) is 9.35 Å². The Labute approximate surface area is 180 Å². The van der Waals surface area contributed by atoms with E-state index in [9.17, 15) is 13.2 Å².